The van der Waals surface area contributed by atoms with Crippen LogP contribution in [0.2, 0.25) is 0 Å². The largest absolute Gasteiger partial charge is 0.379 e. The van der Waals surface area contributed by atoms with Gasteiger partial charge >= 0.3 is 0 Å². The molecule has 2 aromatic rings. The molecule has 0 fully saturated rings. The third-order valence-electron chi connectivity index (χ3n) is 3.99. The van der Waals surface area contributed by atoms with Gasteiger partial charge in [0.25, 0.3) is 0 Å². The van der Waals surface area contributed by atoms with Crippen LogP contribution < -0.4 is 11.7 Å². The molecule has 5 N–H and O–H groups in total. The molecule has 2 unspecified atom stereocenters. The highest BCUT2D eigenvalue weighted by Gasteiger charge is 2.53. The van der Waals surface area contributed by atoms with Gasteiger partial charge in [-0.3, -0.25) is 9.99 Å². The van der Waals surface area contributed by atoms with E-state index in [-0.39, 0.29) is 5.69 Å². The summed E-state index contributed by atoms with van der Waals surface area (Å²) >= 11 is 3.18. The van der Waals surface area contributed by atoms with Crippen molar-refractivity contribution in [2.75, 3.05) is 6.54 Å². The highest BCUT2D eigenvalue weighted by atomic mass is 79.9. The van der Waals surface area contributed by atoms with Crippen LogP contribution in [0.25, 0.3) is 0 Å². The SMILES string of the molecule is CC(F)(c1ccc(Br)cn1)C(O)(CN(N)/C=N\N)c1ccc(F)cc1F. The Bertz CT molecular complexity index is 803. The molecule has 0 spiro atoms. The van der Waals surface area contributed by atoms with Crippen molar-refractivity contribution in [2.24, 2.45) is 16.8 Å². The first kappa shape index (κ1) is 20.1. The normalized spacial score (nSPS) is 16.3. The topological polar surface area (TPSA) is 101 Å². The van der Waals surface area contributed by atoms with Gasteiger partial charge < -0.3 is 10.9 Å². The van der Waals surface area contributed by atoms with Crippen LogP contribution in [-0.4, -0.2) is 28.0 Å². The number of aliphatic hydroxyl groups is 1. The van der Waals surface area contributed by atoms with Gasteiger partial charge in [0.15, 0.2) is 11.3 Å². The molecule has 0 saturated carbocycles. The van der Waals surface area contributed by atoms with Gasteiger partial charge in [0, 0.05) is 22.3 Å². The van der Waals surface area contributed by atoms with Crippen molar-refractivity contribution in [2.45, 2.75) is 18.2 Å². The standard InChI is InChI=1S/C16H17BrF3N5O/c1-15(20,14-5-2-10(17)7-23-14)16(26,8-25(22)9-24-21)12-4-3-11(18)6-13(12)19/h2-7,9,26H,8,21-22H2,1H3/b24-9-. The summed E-state index contributed by atoms with van der Waals surface area (Å²) < 4.78 is 44.1. The number of aromatic nitrogens is 1. The van der Waals surface area contributed by atoms with Crippen molar-refractivity contribution in [3.63, 3.8) is 0 Å². The van der Waals surface area contributed by atoms with Crippen LogP contribution in [0.5, 0.6) is 0 Å². The predicted octanol–water partition coefficient (Wildman–Crippen LogP) is 2.27. The van der Waals surface area contributed by atoms with Crippen LogP contribution in [0.3, 0.4) is 0 Å². The zero-order valence-electron chi connectivity index (χ0n) is 13.7. The smallest absolute Gasteiger partial charge is 0.184 e. The fourth-order valence-electron chi connectivity index (χ4n) is 2.57. The molecule has 0 aliphatic heterocycles. The summed E-state index contributed by atoms with van der Waals surface area (Å²) in [6.45, 7) is 0.389. The molecule has 6 nitrogen and oxygen atoms in total. The third kappa shape index (κ3) is 3.81. The third-order valence-corrected chi connectivity index (χ3v) is 4.46. The van der Waals surface area contributed by atoms with Gasteiger partial charge in [-0.15, -0.1) is 0 Å². The lowest BCUT2D eigenvalue weighted by atomic mass is 9.77. The van der Waals surface area contributed by atoms with E-state index in [9.17, 15) is 13.9 Å². The van der Waals surface area contributed by atoms with E-state index in [0.717, 1.165) is 30.4 Å². The Morgan fingerprint density at radius 1 is 1.35 bits per heavy atom. The summed E-state index contributed by atoms with van der Waals surface area (Å²) in [5, 5.41) is 15.2. The summed E-state index contributed by atoms with van der Waals surface area (Å²) in [5.41, 5.74) is -5.81. The molecular weight excluding hydrogens is 415 g/mol. The molecule has 1 aromatic heterocycles. The number of rotatable bonds is 6. The highest BCUT2D eigenvalue weighted by Crippen LogP contribution is 2.44. The Balaban J connectivity index is 2.64. The molecule has 2 rings (SSSR count). The number of hydrazone groups is 1. The van der Waals surface area contributed by atoms with E-state index in [1.165, 1.54) is 18.3 Å². The van der Waals surface area contributed by atoms with Crippen LogP contribution in [0, 0.1) is 11.6 Å². The zero-order valence-corrected chi connectivity index (χ0v) is 15.3. The molecule has 0 bridgehead atoms. The van der Waals surface area contributed by atoms with Gasteiger partial charge in [-0.2, -0.15) is 5.10 Å². The molecular formula is C16H17BrF3N5O. The summed E-state index contributed by atoms with van der Waals surface area (Å²) in [6, 6.07) is 5.25. The van der Waals surface area contributed by atoms with E-state index in [0.29, 0.717) is 10.5 Å². The Kier molecular flexibility index (Phi) is 5.89. The number of nitrogens with zero attached hydrogens (tertiary/aromatic N) is 3. The van der Waals surface area contributed by atoms with Crippen molar-refractivity contribution in [3.05, 3.63) is 63.9 Å². The number of benzene rings is 1. The Labute approximate surface area is 156 Å². The van der Waals surface area contributed by atoms with Crippen molar-refractivity contribution >= 4 is 22.3 Å². The van der Waals surface area contributed by atoms with E-state index >= 15 is 4.39 Å². The maximum atomic E-state index is 15.8. The van der Waals surface area contributed by atoms with E-state index in [4.69, 9.17) is 11.7 Å². The molecule has 26 heavy (non-hydrogen) atoms. The number of hydrogen-bond donors (Lipinski definition) is 3. The minimum Gasteiger partial charge on any atom is -0.379 e. The second kappa shape index (κ2) is 7.60. The minimum absolute atomic E-state index is 0.176. The van der Waals surface area contributed by atoms with E-state index in [1.807, 2.05) is 0 Å². The Hall–Kier alpha value is -2.17. The van der Waals surface area contributed by atoms with Crippen molar-refractivity contribution in [1.29, 1.82) is 0 Å². The molecule has 0 aliphatic rings. The van der Waals surface area contributed by atoms with Gasteiger partial charge in [-0.05, 0) is 41.1 Å². The second-order valence-electron chi connectivity index (χ2n) is 5.79. The molecule has 0 radical (unpaired) electrons. The highest BCUT2D eigenvalue weighted by molar-refractivity contribution is 9.10. The lowest BCUT2D eigenvalue weighted by Crippen LogP contribution is -2.54. The molecule has 10 heteroatoms. The van der Waals surface area contributed by atoms with Crippen LogP contribution in [0.15, 0.2) is 46.1 Å². The van der Waals surface area contributed by atoms with Gasteiger partial charge in [0.05, 0.1) is 12.2 Å². The average Bonchev–Trinajstić information content (AvgIpc) is 2.55. The monoisotopic (exact) mass is 431 g/mol. The summed E-state index contributed by atoms with van der Waals surface area (Å²) in [6.07, 6.45) is 2.26. The number of hydrogen-bond acceptors (Lipinski definition) is 5. The average molecular weight is 432 g/mol. The molecule has 140 valence electrons. The Morgan fingerprint density at radius 3 is 2.58 bits per heavy atom. The van der Waals surface area contributed by atoms with Crippen molar-refractivity contribution in [3.8, 4) is 0 Å². The number of nitrogens with two attached hydrogens (primary N) is 2. The van der Waals surface area contributed by atoms with Gasteiger partial charge in [-0.1, -0.05) is 6.07 Å². The number of pyridine rings is 1. The Morgan fingerprint density at radius 2 is 2.04 bits per heavy atom. The first-order valence-electron chi connectivity index (χ1n) is 7.35. The number of halogens is 4. The number of hydrazine groups is 1. The summed E-state index contributed by atoms with van der Waals surface area (Å²) in [7, 11) is 0. The predicted molar refractivity (Wildman–Crippen MR) is 94.2 cm³/mol. The quantitative estimate of drug-likeness (QED) is 0.282. The molecule has 0 amide bonds. The molecule has 0 saturated heterocycles. The first-order valence-corrected chi connectivity index (χ1v) is 8.14. The van der Waals surface area contributed by atoms with Crippen LogP contribution in [-0.2, 0) is 11.3 Å². The molecule has 1 heterocycles. The van der Waals surface area contributed by atoms with Gasteiger partial charge in [0.2, 0.25) is 0 Å². The maximum Gasteiger partial charge on any atom is 0.184 e. The fraction of sp³-hybridized carbons (Fsp3) is 0.250. The first-order chi connectivity index (χ1) is 12.1. The molecule has 2 atom stereocenters. The van der Waals surface area contributed by atoms with Crippen molar-refractivity contribution in [1.82, 2.24) is 9.99 Å². The van der Waals surface area contributed by atoms with Gasteiger partial charge in [-0.25, -0.2) is 19.0 Å². The molecule has 1 aromatic carbocycles. The molecule has 0 aliphatic carbocycles. The van der Waals surface area contributed by atoms with Crippen LogP contribution >= 0.6 is 15.9 Å². The van der Waals surface area contributed by atoms with E-state index in [1.54, 1.807) is 0 Å². The maximum absolute atomic E-state index is 15.8. The lowest BCUT2D eigenvalue weighted by Gasteiger charge is -2.41. The van der Waals surface area contributed by atoms with Crippen LogP contribution in [0.4, 0.5) is 13.2 Å². The minimum atomic E-state index is -2.60. The van der Waals surface area contributed by atoms with Crippen LogP contribution in [0.1, 0.15) is 18.2 Å². The summed E-state index contributed by atoms with van der Waals surface area (Å²) in [4.78, 5) is 3.95. The van der Waals surface area contributed by atoms with E-state index in [2.05, 4.69) is 26.0 Å². The van der Waals surface area contributed by atoms with Crippen molar-refractivity contribution < 1.29 is 18.3 Å². The number of alkyl halides is 1. The lowest BCUT2D eigenvalue weighted by molar-refractivity contribution is -0.119. The second-order valence-corrected chi connectivity index (χ2v) is 6.70. The summed E-state index contributed by atoms with van der Waals surface area (Å²) in [5.74, 6) is 8.64. The van der Waals surface area contributed by atoms with E-state index < -0.39 is 35.0 Å². The zero-order chi connectivity index (χ0) is 19.5. The van der Waals surface area contributed by atoms with Gasteiger partial charge in [0.1, 0.15) is 18.0 Å². The fourth-order valence-corrected chi connectivity index (χ4v) is 2.80.